The summed E-state index contributed by atoms with van der Waals surface area (Å²) in [5, 5.41) is 3.46. The molecule has 3 heterocycles. The second-order valence-corrected chi connectivity index (χ2v) is 9.35. The topological polar surface area (TPSA) is 69.7 Å². The van der Waals surface area contributed by atoms with Gasteiger partial charge in [0, 0.05) is 17.3 Å². The fourth-order valence-corrected chi connectivity index (χ4v) is 6.06. The van der Waals surface area contributed by atoms with E-state index in [1.165, 1.54) is 17.0 Å². The minimum atomic E-state index is -1.34. The van der Waals surface area contributed by atoms with Crippen LogP contribution < -0.4 is 15.1 Å². The SMILES string of the molecule is CC[C@@H]1N[C@]2(C(=O)N(Cc3ccc(F)cc3)c3ccccc32)[C@@H]2C(=O)N(c3ccccc3)C(=O)[C@@H]12. The van der Waals surface area contributed by atoms with Crippen LogP contribution in [-0.2, 0) is 26.5 Å². The van der Waals surface area contributed by atoms with E-state index in [9.17, 15) is 18.8 Å². The summed E-state index contributed by atoms with van der Waals surface area (Å²) in [4.78, 5) is 44.7. The number of nitrogens with one attached hydrogen (secondary N) is 1. The van der Waals surface area contributed by atoms with Crippen LogP contribution in [0.1, 0.15) is 24.5 Å². The minimum Gasteiger partial charge on any atom is -0.306 e. The van der Waals surface area contributed by atoms with Crippen molar-refractivity contribution in [3.8, 4) is 0 Å². The molecular weight excluding hydrogens is 445 g/mol. The second-order valence-electron chi connectivity index (χ2n) is 9.35. The predicted octanol–water partition coefficient (Wildman–Crippen LogP) is 3.76. The number of fused-ring (bicyclic) bond motifs is 4. The summed E-state index contributed by atoms with van der Waals surface area (Å²) in [5.74, 6) is -2.74. The molecule has 0 aliphatic carbocycles. The number of nitrogens with zero attached hydrogens (tertiary/aromatic N) is 2. The van der Waals surface area contributed by atoms with Gasteiger partial charge in [-0.2, -0.15) is 0 Å². The van der Waals surface area contributed by atoms with E-state index in [0.717, 1.165) is 5.56 Å². The lowest BCUT2D eigenvalue weighted by molar-refractivity contribution is -0.132. The number of rotatable bonds is 4. The molecule has 1 N–H and O–H groups in total. The number of para-hydroxylation sites is 2. The van der Waals surface area contributed by atoms with E-state index in [2.05, 4.69) is 5.32 Å². The average Bonchev–Trinajstić information content (AvgIpc) is 3.45. The molecule has 2 fully saturated rings. The van der Waals surface area contributed by atoms with Crippen LogP contribution >= 0.6 is 0 Å². The molecule has 0 aromatic heterocycles. The Bertz CT molecular complexity index is 1340. The van der Waals surface area contributed by atoms with Crippen LogP contribution in [0.15, 0.2) is 78.9 Å². The second kappa shape index (κ2) is 7.85. The summed E-state index contributed by atoms with van der Waals surface area (Å²) < 4.78 is 13.5. The first-order valence-corrected chi connectivity index (χ1v) is 11.8. The molecule has 2 saturated heterocycles. The lowest BCUT2D eigenvalue weighted by Gasteiger charge is -2.30. The number of carbonyl (C=O) groups is 3. The van der Waals surface area contributed by atoms with Crippen molar-refractivity contribution in [1.82, 2.24) is 5.32 Å². The maximum Gasteiger partial charge on any atom is 0.253 e. The maximum atomic E-state index is 14.3. The maximum absolute atomic E-state index is 14.3. The van der Waals surface area contributed by atoms with Crippen molar-refractivity contribution >= 4 is 29.1 Å². The molecule has 3 aliphatic rings. The summed E-state index contributed by atoms with van der Waals surface area (Å²) >= 11 is 0. The van der Waals surface area contributed by atoms with Crippen molar-refractivity contribution in [2.45, 2.75) is 31.5 Å². The highest BCUT2D eigenvalue weighted by molar-refractivity contribution is 6.26. The molecule has 3 amide bonds. The molecule has 35 heavy (non-hydrogen) atoms. The fourth-order valence-electron chi connectivity index (χ4n) is 6.06. The van der Waals surface area contributed by atoms with Gasteiger partial charge in [-0.3, -0.25) is 19.7 Å². The fraction of sp³-hybridized carbons (Fsp3) is 0.250. The van der Waals surface area contributed by atoms with Gasteiger partial charge in [-0.15, -0.1) is 0 Å². The molecule has 3 aromatic rings. The Labute approximate surface area is 202 Å². The molecule has 6 rings (SSSR count). The van der Waals surface area contributed by atoms with E-state index >= 15 is 0 Å². The zero-order chi connectivity index (χ0) is 24.3. The summed E-state index contributed by atoms with van der Waals surface area (Å²) in [7, 11) is 0. The van der Waals surface area contributed by atoms with Crippen LogP contribution in [0.4, 0.5) is 15.8 Å². The molecule has 7 heteroatoms. The van der Waals surface area contributed by atoms with E-state index in [1.807, 2.05) is 37.3 Å². The van der Waals surface area contributed by atoms with Crippen LogP contribution in [0.3, 0.4) is 0 Å². The zero-order valence-corrected chi connectivity index (χ0v) is 19.1. The van der Waals surface area contributed by atoms with Crippen LogP contribution in [0.25, 0.3) is 0 Å². The van der Waals surface area contributed by atoms with Gasteiger partial charge in [-0.05, 0) is 42.3 Å². The average molecular weight is 470 g/mol. The van der Waals surface area contributed by atoms with Gasteiger partial charge in [0.15, 0.2) is 0 Å². The molecular formula is C28H24FN3O3. The third-order valence-corrected chi connectivity index (χ3v) is 7.57. The normalized spacial score (nSPS) is 27.1. The van der Waals surface area contributed by atoms with Gasteiger partial charge in [0.25, 0.3) is 5.91 Å². The van der Waals surface area contributed by atoms with Gasteiger partial charge in [-0.25, -0.2) is 9.29 Å². The summed E-state index contributed by atoms with van der Waals surface area (Å²) in [5.41, 5.74) is 1.35. The summed E-state index contributed by atoms with van der Waals surface area (Å²) in [6.45, 7) is 2.19. The number of benzene rings is 3. The van der Waals surface area contributed by atoms with Gasteiger partial charge in [0.1, 0.15) is 11.4 Å². The highest BCUT2D eigenvalue weighted by Gasteiger charge is 2.71. The van der Waals surface area contributed by atoms with Gasteiger partial charge >= 0.3 is 0 Å². The van der Waals surface area contributed by atoms with Gasteiger partial charge in [-0.1, -0.05) is 55.5 Å². The Morgan fingerprint density at radius 1 is 0.886 bits per heavy atom. The smallest absolute Gasteiger partial charge is 0.253 e. The molecule has 176 valence electrons. The molecule has 0 unspecified atom stereocenters. The molecule has 4 atom stereocenters. The van der Waals surface area contributed by atoms with Crippen molar-refractivity contribution in [2.24, 2.45) is 11.8 Å². The first kappa shape index (κ1) is 21.7. The van der Waals surface area contributed by atoms with E-state index in [4.69, 9.17) is 0 Å². The van der Waals surface area contributed by atoms with Crippen molar-refractivity contribution in [2.75, 3.05) is 9.80 Å². The Kier molecular flexibility index (Phi) is 4.86. The van der Waals surface area contributed by atoms with E-state index in [1.54, 1.807) is 41.3 Å². The third-order valence-electron chi connectivity index (χ3n) is 7.57. The van der Waals surface area contributed by atoms with Crippen LogP contribution in [0, 0.1) is 17.7 Å². The van der Waals surface area contributed by atoms with Crippen molar-refractivity contribution in [3.63, 3.8) is 0 Å². The summed E-state index contributed by atoms with van der Waals surface area (Å²) in [6.07, 6.45) is 0.595. The van der Waals surface area contributed by atoms with Crippen molar-refractivity contribution in [1.29, 1.82) is 0 Å². The number of imide groups is 1. The standard InChI is InChI=1S/C28H24FN3O3/c1-2-21-23-24(26(34)32(25(23)33)19-8-4-3-5-9-19)28(30-21)20-10-6-7-11-22(20)31(27(28)35)16-17-12-14-18(29)15-13-17/h3-15,21,23-24,30H,2,16H2,1H3/t21-,23-,24-,28-/m0/s1. The molecule has 3 aromatic carbocycles. The third kappa shape index (κ3) is 2.94. The molecule has 0 saturated carbocycles. The van der Waals surface area contributed by atoms with E-state index in [0.29, 0.717) is 23.4 Å². The number of anilines is 2. The first-order chi connectivity index (χ1) is 17.0. The Hall–Kier alpha value is -3.84. The monoisotopic (exact) mass is 469 g/mol. The Morgan fingerprint density at radius 2 is 1.57 bits per heavy atom. The Morgan fingerprint density at radius 3 is 2.29 bits per heavy atom. The predicted molar refractivity (Wildman–Crippen MR) is 129 cm³/mol. The highest BCUT2D eigenvalue weighted by atomic mass is 19.1. The lowest BCUT2D eigenvalue weighted by Crippen LogP contribution is -2.55. The number of hydrogen-bond acceptors (Lipinski definition) is 4. The minimum absolute atomic E-state index is 0.234. The molecule has 0 bridgehead atoms. The van der Waals surface area contributed by atoms with E-state index in [-0.39, 0.29) is 36.1 Å². The number of halogens is 1. The van der Waals surface area contributed by atoms with Crippen LogP contribution in [-0.4, -0.2) is 23.8 Å². The van der Waals surface area contributed by atoms with Crippen LogP contribution in [0.5, 0.6) is 0 Å². The quantitative estimate of drug-likeness (QED) is 0.591. The number of amides is 3. The number of carbonyl (C=O) groups excluding carboxylic acids is 3. The van der Waals surface area contributed by atoms with E-state index < -0.39 is 17.4 Å². The molecule has 1 spiro atoms. The van der Waals surface area contributed by atoms with Gasteiger partial charge < -0.3 is 4.90 Å². The largest absolute Gasteiger partial charge is 0.306 e. The zero-order valence-electron chi connectivity index (χ0n) is 19.1. The van der Waals surface area contributed by atoms with Gasteiger partial charge in [0.2, 0.25) is 11.8 Å². The number of hydrogen-bond donors (Lipinski definition) is 1. The Balaban J connectivity index is 1.48. The highest BCUT2D eigenvalue weighted by Crippen LogP contribution is 2.55. The van der Waals surface area contributed by atoms with Crippen molar-refractivity contribution in [3.05, 3.63) is 95.8 Å². The summed E-state index contributed by atoms with van der Waals surface area (Å²) in [6, 6.07) is 22.0. The molecule has 6 nitrogen and oxygen atoms in total. The van der Waals surface area contributed by atoms with Crippen molar-refractivity contribution < 1.29 is 18.8 Å². The molecule has 3 aliphatic heterocycles. The van der Waals surface area contributed by atoms with Crippen LogP contribution in [0.2, 0.25) is 0 Å². The lowest BCUT2D eigenvalue weighted by atomic mass is 9.76. The van der Waals surface area contributed by atoms with Gasteiger partial charge in [0.05, 0.1) is 24.1 Å². The molecule has 0 radical (unpaired) electrons. The first-order valence-electron chi connectivity index (χ1n) is 11.8.